The Morgan fingerprint density at radius 1 is 1.28 bits per heavy atom. The van der Waals surface area contributed by atoms with Gasteiger partial charge in [0.1, 0.15) is 11.4 Å². The van der Waals surface area contributed by atoms with E-state index in [0.29, 0.717) is 40.9 Å². The smallest absolute Gasteiger partial charge is 0.259 e. The van der Waals surface area contributed by atoms with Crippen LogP contribution < -0.4 is 15.4 Å². The summed E-state index contributed by atoms with van der Waals surface area (Å²) < 4.78 is 5.73. The van der Waals surface area contributed by atoms with E-state index in [1.54, 1.807) is 36.5 Å². The zero-order valence-electron chi connectivity index (χ0n) is 13.7. The zero-order valence-corrected chi connectivity index (χ0v) is 13.7. The van der Waals surface area contributed by atoms with Crippen LogP contribution in [0.15, 0.2) is 36.5 Å². The van der Waals surface area contributed by atoms with Crippen molar-refractivity contribution in [3.63, 3.8) is 0 Å². The number of amides is 2. The number of fused-ring (bicyclic) bond motifs is 2. The Morgan fingerprint density at radius 2 is 2.12 bits per heavy atom. The molecule has 0 unspecified atom stereocenters. The quantitative estimate of drug-likeness (QED) is 0.888. The molecule has 2 N–H and O–H groups in total. The minimum atomic E-state index is -0.284. The van der Waals surface area contributed by atoms with Gasteiger partial charge < -0.3 is 15.4 Å². The van der Waals surface area contributed by atoms with Crippen LogP contribution in [0, 0.1) is 5.92 Å². The average Bonchev–Trinajstić information content (AvgIpc) is 3.05. The first-order valence-electron chi connectivity index (χ1n) is 8.57. The van der Waals surface area contributed by atoms with Crippen molar-refractivity contribution in [2.45, 2.75) is 32.1 Å². The van der Waals surface area contributed by atoms with Crippen LogP contribution in [0.1, 0.15) is 42.5 Å². The lowest BCUT2D eigenvalue weighted by Gasteiger charge is -2.11. The Hall–Kier alpha value is -2.89. The van der Waals surface area contributed by atoms with E-state index < -0.39 is 0 Å². The van der Waals surface area contributed by atoms with Crippen LogP contribution in [0.4, 0.5) is 11.4 Å². The normalized spacial score (nSPS) is 16.2. The van der Waals surface area contributed by atoms with E-state index in [1.807, 2.05) is 0 Å². The van der Waals surface area contributed by atoms with Crippen LogP contribution in [-0.2, 0) is 4.79 Å². The van der Waals surface area contributed by atoms with Gasteiger partial charge >= 0.3 is 0 Å². The molecule has 128 valence electrons. The number of aromatic nitrogens is 1. The van der Waals surface area contributed by atoms with Crippen LogP contribution in [0.25, 0.3) is 0 Å². The minimum absolute atomic E-state index is 0.00764. The highest BCUT2D eigenvalue weighted by molar-refractivity contribution is 6.08. The largest absolute Gasteiger partial charge is 0.436 e. The fourth-order valence-electron chi connectivity index (χ4n) is 3.42. The van der Waals surface area contributed by atoms with Gasteiger partial charge in [-0.25, -0.2) is 4.98 Å². The maximum absolute atomic E-state index is 12.5. The summed E-state index contributed by atoms with van der Waals surface area (Å²) in [5.41, 5.74) is 1.49. The average molecular weight is 337 g/mol. The van der Waals surface area contributed by atoms with Gasteiger partial charge in [-0.05, 0) is 49.1 Å². The standard InChI is InChI=1S/C19H19N3O3/c23-17(10-12-4-1-2-5-12)21-13-7-8-16-14(11-13)18(24)22-15-6-3-9-20-19(15)25-16/h3,6-9,11-12H,1-2,4-5,10H2,(H,21,23)(H,22,24). The molecule has 1 saturated carbocycles. The van der Waals surface area contributed by atoms with Crippen molar-refractivity contribution in [3.8, 4) is 11.6 Å². The molecule has 25 heavy (non-hydrogen) atoms. The maximum atomic E-state index is 12.5. The summed E-state index contributed by atoms with van der Waals surface area (Å²) in [6.07, 6.45) is 6.81. The molecule has 4 rings (SSSR count). The summed E-state index contributed by atoms with van der Waals surface area (Å²) in [6, 6.07) is 8.53. The molecule has 1 aromatic heterocycles. The third-order valence-corrected chi connectivity index (χ3v) is 4.68. The van der Waals surface area contributed by atoms with Gasteiger partial charge in [0.2, 0.25) is 11.8 Å². The summed E-state index contributed by atoms with van der Waals surface area (Å²) in [5, 5.41) is 5.67. The van der Waals surface area contributed by atoms with E-state index in [1.165, 1.54) is 12.8 Å². The summed E-state index contributed by atoms with van der Waals surface area (Å²) in [4.78, 5) is 28.8. The van der Waals surface area contributed by atoms with E-state index in [0.717, 1.165) is 12.8 Å². The molecule has 0 spiro atoms. The molecule has 1 fully saturated rings. The van der Waals surface area contributed by atoms with Gasteiger partial charge in [-0.2, -0.15) is 0 Å². The number of ether oxygens (including phenoxy) is 1. The van der Waals surface area contributed by atoms with Crippen molar-refractivity contribution in [2.75, 3.05) is 10.6 Å². The van der Waals surface area contributed by atoms with E-state index in [9.17, 15) is 9.59 Å². The lowest BCUT2D eigenvalue weighted by Crippen LogP contribution is -2.16. The minimum Gasteiger partial charge on any atom is -0.436 e. The lowest BCUT2D eigenvalue weighted by atomic mass is 10.0. The number of benzene rings is 1. The van der Waals surface area contributed by atoms with Crippen LogP contribution in [0.2, 0.25) is 0 Å². The second-order valence-corrected chi connectivity index (χ2v) is 6.53. The molecule has 2 aromatic rings. The van der Waals surface area contributed by atoms with Crippen molar-refractivity contribution in [1.29, 1.82) is 0 Å². The second-order valence-electron chi connectivity index (χ2n) is 6.53. The molecule has 0 radical (unpaired) electrons. The summed E-state index contributed by atoms with van der Waals surface area (Å²) in [7, 11) is 0. The number of anilines is 2. The molecule has 2 aliphatic rings. The van der Waals surface area contributed by atoms with Gasteiger partial charge in [-0.1, -0.05) is 12.8 Å². The highest BCUT2D eigenvalue weighted by Gasteiger charge is 2.23. The molecular formula is C19H19N3O3. The molecule has 6 heteroatoms. The van der Waals surface area contributed by atoms with Crippen LogP contribution in [-0.4, -0.2) is 16.8 Å². The highest BCUT2D eigenvalue weighted by atomic mass is 16.5. The van der Waals surface area contributed by atoms with Gasteiger partial charge in [0.25, 0.3) is 5.91 Å². The maximum Gasteiger partial charge on any atom is 0.259 e. The lowest BCUT2D eigenvalue weighted by molar-refractivity contribution is -0.117. The molecule has 1 aliphatic heterocycles. The molecule has 2 amide bonds. The van der Waals surface area contributed by atoms with Crippen LogP contribution in [0.3, 0.4) is 0 Å². The van der Waals surface area contributed by atoms with Crippen molar-refractivity contribution in [2.24, 2.45) is 5.92 Å². The van der Waals surface area contributed by atoms with Crippen molar-refractivity contribution in [1.82, 2.24) is 4.98 Å². The summed E-state index contributed by atoms with van der Waals surface area (Å²) in [6.45, 7) is 0. The van der Waals surface area contributed by atoms with Gasteiger partial charge in [0, 0.05) is 18.3 Å². The predicted molar refractivity (Wildman–Crippen MR) is 93.9 cm³/mol. The van der Waals surface area contributed by atoms with E-state index >= 15 is 0 Å². The van der Waals surface area contributed by atoms with E-state index in [-0.39, 0.29) is 11.8 Å². The van der Waals surface area contributed by atoms with Gasteiger partial charge in [0.15, 0.2) is 0 Å². The summed E-state index contributed by atoms with van der Waals surface area (Å²) in [5.74, 6) is 0.963. The molecule has 0 saturated heterocycles. The van der Waals surface area contributed by atoms with Crippen molar-refractivity contribution >= 4 is 23.2 Å². The topological polar surface area (TPSA) is 80.3 Å². The number of pyridine rings is 1. The molecule has 1 aliphatic carbocycles. The number of carbonyl (C=O) groups excluding carboxylic acids is 2. The number of rotatable bonds is 3. The van der Waals surface area contributed by atoms with Crippen LogP contribution >= 0.6 is 0 Å². The fraction of sp³-hybridized carbons (Fsp3) is 0.316. The summed E-state index contributed by atoms with van der Waals surface area (Å²) >= 11 is 0. The molecule has 0 bridgehead atoms. The first-order valence-corrected chi connectivity index (χ1v) is 8.57. The van der Waals surface area contributed by atoms with Gasteiger partial charge in [0.05, 0.1) is 5.56 Å². The number of carbonyl (C=O) groups is 2. The molecule has 0 atom stereocenters. The number of nitrogens with one attached hydrogen (secondary N) is 2. The fourth-order valence-corrected chi connectivity index (χ4v) is 3.42. The zero-order chi connectivity index (χ0) is 17.2. The Labute approximate surface area is 145 Å². The Kier molecular flexibility index (Phi) is 4.09. The SMILES string of the molecule is O=C(CC1CCCC1)Nc1ccc2c(c1)C(=O)Nc1cccnc1O2. The van der Waals surface area contributed by atoms with Gasteiger partial charge in [-0.15, -0.1) is 0 Å². The third kappa shape index (κ3) is 3.33. The second kappa shape index (κ2) is 6.55. The number of hydrogen-bond acceptors (Lipinski definition) is 4. The third-order valence-electron chi connectivity index (χ3n) is 4.68. The monoisotopic (exact) mass is 337 g/mol. The van der Waals surface area contributed by atoms with E-state index in [2.05, 4.69) is 15.6 Å². The highest BCUT2D eigenvalue weighted by Crippen LogP contribution is 2.35. The first-order chi connectivity index (χ1) is 12.2. The van der Waals surface area contributed by atoms with Crippen molar-refractivity contribution in [3.05, 3.63) is 42.1 Å². The van der Waals surface area contributed by atoms with Gasteiger partial charge in [-0.3, -0.25) is 9.59 Å². The number of nitrogens with zero attached hydrogens (tertiary/aromatic N) is 1. The Balaban J connectivity index is 1.53. The predicted octanol–water partition coefficient (Wildman–Crippen LogP) is 3.96. The van der Waals surface area contributed by atoms with E-state index in [4.69, 9.17) is 4.74 Å². The molecular weight excluding hydrogens is 318 g/mol. The molecule has 2 heterocycles. The Bertz CT molecular complexity index is 828. The molecule has 1 aromatic carbocycles. The van der Waals surface area contributed by atoms with Crippen LogP contribution in [0.5, 0.6) is 11.6 Å². The Morgan fingerprint density at radius 3 is 2.96 bits per heavy atom. The molecule has 6 nitrogen and oxygen atoms in total. The van der Waals surface area contributed by atoms with Crippen molar-refractivity contribution < 1.29 is 14.3 Å². The number of hydrogen-bond donors (Lipinski definition) is 2. The first kappa shape index (κ1) is 15.6.